The number of hydrogen-bond acceptors (Lipinski definition) is 0. The fourth-order valence-corrected chi connectivity index (χ4v) is 3.11. The van der Waals surface area contributed by atoms with Crippen LogP contribution in [-0.2, 0) is 0 Å². The topological polar surface area (TPSA) is 0 Å². The molecule has 1 saturated carbocycles. The second-order valence-electron chi connectivity index (χ2n) is 8.04. The first kappa shape index (κ1) is 13.1. The summed E-state index contributed by atoms with van der Waals surface area (Å²) in [5.41, 5.74) is 1.02. The molecule has 0 saturated heterocycles. The van der Waals surface area contributed by atoms with E-state index in [2.05, 4.69) is 48.5 Å². The van der Waals surface area contributed by atoms with Crippen molar-refractivity contribution < 1.29 is 0 Å². The normalized spacial score (nSPS) is 33.4. The maximum atomic E-state index is 2.46. The summed E-state index contributed by atoms with van der Waals surface area (Å²) in [5.74, 6) is 2.85. The lowest BCUT2D eigenvalue weighted by Crippen LogP contribution is -2.18. The Bertz CT molecular complexity index is 201. The van der Waals surface area contributed by atoms with Crippen LogP contribution in [0.25, 0.3) is 0 Å². The van der Waals surface area contributed by atoms with Crippen LogP contribution in [0.1, 0.15) is 67.7 Å². The number of rotatable bonds is 1. The third-order valence-electron chi connectivity index (χ3n) is 4.15. The zero-order valence-corrected chi connectivity index (χ0v) is 11.9. The molecular formula is C15H30. The summed E-state index contributed by atoms with van der Waals surface area (Å²) in [6.45, 7) is 16.8. The molecule has 90 valence electrons. The van der Waals surface area contributed by atoms with Crippen LogP contribution in [0.5, 0.6) is 0 Å². The minimum atomic E-state index is 0.506. The van der Waals surface area contributed by atoms with Crippen molar-refractivity contribution >= 4 is 0 Å². The van der Waals surface area contributed by atoms with Gasteiger partial charge < -0.3 is 0 Å². The molecule has 15 heavy (non-hydrogen) atoms. The highest BCUT2D eigenvalue weighted by atomic mass is 14.4. The monoisotopic (exact) mass is 210 g/mol. The van der Waals surface area contributed by atoms with Gasteiger partial charge in [-0.3, -0.25) is 0 Å². The minimum Gasteiger partial charge on any atom is -0.0622 e. The molecule has 0 aliphatic heterocycles. The van der Waals surface area contributed by atoms with Crippen molar-refractivity contribution in [2.75, 3.05) is 0 Å². The third-order valence-corrected chi connectivity index (χ3v) is 4.15. The van der Waals surface area contributed by atoms with E-state index in [1.807, 2.05) is 0 Å². The summed E-state index contributed by atoms with van der Waals surface area (Å²) in [4.78, 5) is 0. The lowest BCUT2D eigenvalue weighted by Gasteiger charge is -2.28. The first-order valence-corrected chi connectivity index (χ1v) is 6.59. The molecule has 1 fully saturated rings. The van der Waals surface area contributed by atoms with Gasteiger partial charge >= 0.3 is 0 Å². The van der Waals surface area contributed by atoms with Crippen molar-refractivity contribution in [3.63, 3.8) is 0 Å². The Morgan fingerprint density at radius 2 is 1.47 bits per heavy atom. The van der Waals surface area contributed by atoms with Crippen LogP contribution >= 0.6 is 0 Å². The molecule has 1 aliphatic rings. The number of hydrogen-bond donors (Lipinski definition) is 0. The van der Waals surface area contributed by atoms with Gasteiger partial charge in [-0.1, -0.05) is 48.5 Å². The molecule has 1 aliphatic carbocycles. The molecule has 0 aromatic carbocycles. The van der Waals surface area contributed by atoms with Crippen LogP contribution < -0.4 is 0 Å². The van der Waals surface area contributed by atoms with Crippen LogP contribution in [0.4, 0.5) is 0 Å². The lowest BCUT2D eigenvalue weighted by atomic mass is 9.77. The molecule has 0 nitrogen and oxygen atoms in total. The van der Waals surface area contributed by atoms with Gasteiger partial charge in [0.15, 0.2) is 0 Å². The van der Waals surface area contributed by atoms with Crippen LogP contribution in [0.15, 0.2) is 0 Å². The molecule has 3 atom stereocenters. The second-order valence-corrected chi connectivity index (χ2v) is 8.04. The fraction of sp³-hybridized carbons (Fsp3) is 1.00. The van der Waals surface area contributed by atoms with Gasteiger partial charge in [0.05, 0.1) is 0 Å². The maximum absolute atomic E-state index is 2.46. The molecule has 0 heteroatoms. The summed E-state index contributed by atoms with van der Waals surface area (Å²) in [7, 11) is 0. The van der Waals surface area contributed by atoms with Crippen LogP contribution in [-0.4, -0.2) is 0 Å². The van der Waals surface area contributed by atoms with Gasteiger partial charge in [0.2, 0.25) is 0 Å². The lowest BCUT2D eigenvalue weighted by molar-refractivity contribution is 0.223. The molecule has 0 aromatic rings. The third kappa shape index (κ3) is 3.81. The molecule has 0 aromatic heterocycles. The van der Waals surface area contributed by atoms with E-state index in [1.54, 1.807) is 0 Å². The standard InChI is InChI=1S/C15H30/c1-11-8-13(15(5,6)7)9-12(11)10-14(2,3)4/h11-13H,8-10H2,1-7H3. The molecule has 0 bridgehead atoms. The molecule has 0 spiro atoms. The first-order valence-electron chi connectivity index (χ1n) is 6.59. The van der Waals surface area contributed by atoms with E-state index in [0.29, 0.717) is 10.8 Å². The van der Waals surface area contributed by atoms with Gasteiger partial charge in [-0.15, -0.1) is 0 Å². The van der Waals surface area contributed by atoms with Gasteiger partial charge in [-0.2, -0.15) is 0 Å². The predicted octanol–water partition coefficient (Wildman–Crippen LogP) is 5.13. The Hall–Kier alpha value is 0. The molecule has 0 radical (unpaired) electrons. The van der Waals surface area contributed by atoms with Crippen molar-refractivity contribution in [2.45, 2.75) is 67.7 Å². The molecule has 1 rings (SSSR count). The van der Waals surface area contributed by atoms with E-state index in [1.165, 1.54) is 19.3 Å². The highest BCUT2D eigenvalue weighted by Gasteiger charge is 2.38. The van der Waals surface area contributed by atoms with Gasteiger partial charge in [0.1, 0.15) is 0 Å². The first-order chi connectivity index (χ1) is 6.59. The molecule has 3 unspecified atom stereocenters. The largest absolute Gasteiger partial charge is 0.0622 e. The van der Waals surface area contributed by atoms with Crippen molar-refractivity contribution in [1.82, 2.24) is 0 Å². The van der Waals surface area contributed by atoms with Crippen LogP contribution in [0, 0.1) is 28.6 Å². The zero-order chi connectivity index (χ0) is 11.9. The fourth-order valence-electron chi connectivity index (χ4n) is 3.11. The van der Waals surface area contributed by atoms with Gasteiger partial charge in [0.25, 0.3) is 0 Å². The van der Waals surface area contributed by atoms with Crippen molar-refractivity contribution in [3.8, 4) is 0 Å². The summed E-state index contributed by atoms with van der Waals surface area (Å²) in [5, 5.41) is 0. The minimum absolute atomic E-state index is 0.506. The van der Waals surface area contributed by atoms with Crippen molar-refractivity contribution in [3.05, 3.63) is 0 Å². The SMILES string of the molecule is CC1CC(C(C)(C)C)CC1CC(C)(C)C. The van der Waals surface area contributed by atoms with Gasteiger partial charge in [-0.05, 0) is 47.8 Å². The smallest absolute Gasteiger partial charge is 0.0354 e. The Morgan fingerprint density at radius 3 is 1.80 bits per heavy atom. The second kappa shape index (κ2) is 4.11. The Balaban J connectivity index is 2.57. The van der Waals surface area contributed by atoms with E-state index < -0.39 is 0 Å². The summed E-state index contributed by atoms with van der Waals surface area (Å²) >= 11 is 0. The van der Waals surface area contributed by atoms with Crippen LogP contribution in [0.2, 0.25) is 0 Å². The highest BCUT2D eigenvalue weighted by molar-refractivity contribution is 4.88. The van der Waals surface area contributed by atoms with Crippen LogP contribution in [0.3, 0.4) is 0 Å². The van der Waals surface area contributed by atoms with E-state index in [9.17, 15) is 0 Å². The highest BCUT2D eigenvalue weighted by Crippen LogP contribution is 2.48. The van der Waals surface area contributed by atoms with Crippen molar-refractivity contribution in [2.24, 2.45) is 28.6 Å². The maximum Gasteiger partial charge on any atom is -0.0354 e. The average Bonchev–Trinajstić information content (AvgIpc) is 2.27. The van der Waals surface area contributed by atoms with Crippen molar-refractivity contribution in [1.29, 1.82) is 0 Å². The summed E-state index contributed by atoms with van der Waals surface area (Å²) < 4.78 is 0. The average molecular weight is 210 g/mol. The molecular weight excluding hydrogens is 180 g/mol. The quantitative estimate of drug-likeness (QED) is 0.563. The van der Waals surface area contributed by atoms with Gasteiger partial charge in [0, 0.05) is 0 Å². The van der Waals surface area contributed by atoms with E-state index >= 15 is 0 Å². The molecule has 0 amide bonds. The molecule has 0 heterocycles. The Morgan fingerprint density at radius 1 is 0.933 bits per heavy atom. The van der Waals surface area contributed by atoms with Gasteiger partial charge in [-0.25, -0.2) is 0 Å². The van der Waals surface area contributed by atoms with E-state index in [-0.39, 0.29) is 0 Å². The summed E-state index contributed by atoms with van der Waals surface area (Å²) in [6.07, 6.45) is 4.31. The zero-order valence-electron chi connectivity index (χ0n) is 11.9. The molecule has 0 N–H and O–H groups in total. The predicted molar refractivity (Wildman–Crippen MR) is 68.9 cm³/mol. The van der Waals surface area contributed by atoms with E-state index in [0.717, 1.165) is 17.8 Å². The Kier molecular flexibility index (Phi) is 3.58. The summed E-state index contributed by atoms with van der Waals surface area (Å²) in [6, 6.07) is 0. The Labute approximate surface area is 96.8 Å². The van der Waals surface area contributed by atoms with E-state index in [4.69, 9.17) is 0 Å².